The van der Waals surface area contributed by atoms with Crippen molar-refractivity contribution in [1.82, 2.24) is 0 Å². The van der Waals surface area contributed by atoms with E-state index >= 15 is 0 Å². The Morgan fingerprint density at radius 1 is 0.850 bits per heavy atom. The lowest BCUT2D eigenvalue weighted by atomic mass is 9.98. The quantitative estimate of drug-likeness (QED) is 0.792. The first-order valence-corrected chi connectivity index (χ1v) is 7.48. The molecule has 0 fully saturated rings. The average Bonchev–Trinajstić information content (AvgIpc) is 2.48. The van der Waals surface area contributed by atoms with Crippen LogP contribution in [0, 0.1) is 0 Å². The van der Waals surface area contributed by atoms with Gasteiger partial charge in [-0.25, -0.2) is 0 Å². The Morgan fingerprint density at radius 2 is 1.50 bits per heavy atom. The van der Waals surface area contributed by atoms with Crippen LogP contribution in [0.4, 0.5) is 0 Å². The van der Waals surface area contributed by atoms with E-state index in [1.807, 2.05) is 30.3 Å². The van der Waals surface area contributed by atoms with Crippen LogP contribution in [0.15, 0.2) is 54.6 Å². The van der Waals surface area contributed by atoms with Gasteiger partial charge in [0.05, 0.1) is 6.10 Å². The molecular formula is C19H24O. The highest BCUT2D eigenvalue weighted by Crippen LogP contribution is 2.20. The van der Waals surface area contributed by atoms with E-state index in [9.17, 15) is 5.11 Å². The van der Waals surface area contributed by atoms with Crippen LogP contribution >= 0.6 is 0 Å². The first kappa shape index (κ1) is 14.8. The maximum Gasteiger partial charge on any atom is 0.0790 e. The summed E-state index contributed by atoms with van der Waals surface area (Å²) >= 11 is 0. The number of aliphatic hydroxyl groups excluding tert-OH is 1. The molecular weight excluding hydrogens is 244 g/mol. The van der Waals surface area contributed by atoms with Crippen molar-refractivity contribution >= 4 is 0 Å². The predicted molar refractivity (Wildman–Crippen MR) is 84.9 cm³/mol. The molecule has 1 heteroatoms. The lowest BCUT2D eigenvalue weighted by molar-refractivity contribution is 0.164. The molecule has 0 saturated heterocycles. The number of aryl methyl sites for hydroxylation is 1. The summed E-state index contributed by atoms with van der Waals surface area (Å²) in [6.45, 7) is 4.43. The van der Waals surface area contributed by atoms with Gasteiger partial charge in [0.1, 0.15) is 0 Å². The molecule has 2 rings (SSSR count). The van der Waals surface area contributed by atoms with E-state index < -0.39 is 0 Å². The number of rotatable bonds is 6. The lowest BCUT2D eigenvalue weighted by Crippen LogP contribution is -1.98. The summed E-state index contributed by atoms with van der Waals surface area (Å²) in [6.07, 6.45) is 2.51. The minimum atomic E-state index is -0.342. The molecule has 1 nitrogen and oxygen atoms in total. The van der Waals surface area contributed by atoms with Crippen molar-refractivity contribution in [3.63, 3.8) is 0 Å². The summed E-state index contributed by atoms with van der Waals surface area (Å²) in [5, 5.41) is 10.1. The second-order valence-corrected chi connectivity index (χ2v) is 5.71. The monoisotopic (exact) mass is 268 g/mol. The number of hydrogen-bond donors (Lipinski definition) is 1. The second kappa shape index (κ2) is 7.25. The van der Waals surface area contributed by atoms with Crippen molar-refractivity contribution in [2.24, 2.45) is 0 Å². The molecule has 2 aromatic carbocycles. The van der Waals surface area contributed by atoms with Crippen molar-refractivity contribution in [2.45, 2.75) is 45.1 Å². The summed E-state index contributed by atoms with van der Waals surface area (Å²) in [4.78, 5) is 0. The summed E-state index contributed by atoms with van der Waals surface area (Å²) in [7, 11) is 0. The highest BCUT2D eigenvalue weighted by Gasteiger charge is 2.06. The Balaban J connectivity index is 1.81. The van der Waals surface area contributed by atoms with Gasteiger partial charge < -0.3 is 5.11 Å². The second-order valence-electron chi connectivity index (χ2n) is 5.71. The zero-order chi connectivity index (χ0) is 14.4. The zero-order valence-corrected chi connectivity index (χ0v) is 12.4. The van der Waals surface area contributed by atoms with Crippen LogP contribution in [0.1, 0.15) is 55.4 Å². The Labute approximate surface area is 122 Å². The van der Waals surface area contributed by atoms with Crippen LogP contribution in [0.3, 0.4) is 0 Å². The fourth-order valence-corrected chi connectivity index (χ4v) is 2.41. The first-order chi connectivity index (χ1) is 9.66. The molecule has 20 heavy (non-hydrogen) atoms. The van der Waals surface area contributed by atoms with Gasteiger partial charge in [-0.15, -0.1) is 0 Å². The van der Waals surface area contributed by atoms with Crippen molar-refractivity contribution in [1.29, 1.82) is 0 Å². The van der Waals surface area contributed by atoms with Crippen LogP contribution < -0.4 is 0 Å². The maximum absolute atomic E-state index is 10.1. The molecule has 0 radical (unpaired) electrons. The van der Waals surface area contributed by atoms with Crippen LogP contribution in [-0.4, -0.2) is 5.11 Å². The first-order valence-electron chi connectivity index (χ1n) is 7.48. The lowest BCUT2D eigenvalue weighted by Gasteiger charge is -2.11. The molecule has 0 amide bonds. The molecule has 2 aromatic rings. The molecule has 0 aliphatic carbocycles. The van der Waals surface area contributed by atoms with Gasteiger partial charge in [-0.2, -0.15) is 0 Å². The zero-order valence-electron chi connectivity index (χ0n) is 12.4. The van der Waals surface area contributed by atoms with E-state index in [-0.39, 0.29) is 6.10 Å². The molecule has 0 aliphatic rings. The molecule has 1 atom stereocenters. The minimum absolute atomic E-state index is 0.342. The molecule has 0 saturated carbocycles. The Hall–Kier alpha value is -1.60. The van der Waals surface area contributed by atoms with Crippen LogP contribution in [-0.2, 0) is 6.42 Å². The van der Waals surface area contributed by atoms with Gasteiger partial charge in [0.25, 0.3) is 0 Å². The highest BCUT2D eigenvalue weighted by molar-refractivity contribution is 5.24. The van der Waals surface area contributed by atoms with Gasteiger partial charge in [-0.05, 0) is 41.9 Å². The van der Waals surface area contributed by atoms with Crippen LogP contribution in [0.2, 0.25) is 0 Å². The largest absolute Gasteiger partial charge is 0.388 e. The third-order valence-electron chi connectivity index (χ3n) is 3.77. The van der Waals surface area contributed by atoms with Gasteiger partial charge >= 0.3 is 0 Å². The third kappa shape index (κ3) is 4.21. The molecule has 0 aromatic heterocycles. The van der Waals surface area contributed by atoms with Gasteiger partial charge in [0, 0.05) is 0 Å². The standard InChI is InChI=1S/C19H24O/c1-15(2)17-13-11-16(12-14-17)7-6-10-19(20)18-8-4-3-5-9-18/h3-5,8-9,11-15,19-20H,6-7,10H2,1-2H3. The van der Waals surface area contributed by atoms with Crippen molar-refractivity contribution in [2.75, 3.05) is 0 Å². The van der Waals surface area contributed by atoms with E-state index in [2.05, 4.69) is 38.1 Å². The normalized spacial score (nSPS) is 12.6. The summed E-state index contributed by atoms with van der Waals surface area (Å²) in [5.41, 5.74) is 3.76. The van der Waals surface area contributed by atoms with E-state index in [1.54, 1.807) is 0 Å². The third-order valence-corrected chi connectivity index (χ3v) is 3.77. The SMILES string of the molecule is CC(C)c1ccc(CCCC(O)c2ccccc2)cc1. The average molecular weight is 268 g/mol. The molecule has 0 heterocycles. The summed E-state index contributed by atoms with van der Waals surface area (Å²) in [5.74, 6) is 0.587. The van der Waals surface area contributed by atoms with E-state index in [1.165, 1.54) is 11.1 Å². The number of hydrogen-bond acceptors (Lipinski definition) is 1. The van der Waals surface area contributed by atoms with Gasteiger partial charge in [-0.3, -0.25) is 0 Å². The van der Waals surface area contributed by atoms with Gasteiger partial charge in [0.15, 0.2) is 0 Å². The Kier molecular flexibility index (Phi) is 5.37. The number of aliphatic hydroxyl groups is 1. The van der Waals surface area contributed by atoms with E-state index in [0.717, 1.165) is 24.8 Å². The fraction of sp³-hybridized carbons (Fsp3) is 0.368. The fourth-order valence-electron chi connectivity index (χ4n) is 2.41. The van der Waals surface area contributed by atoms with E-state index in [4.69, 9.17) is 0 Å². The Bertz CT molecular complexity index is 499. The molecule has 0 spiro atoms. The molecule has 0 aliphatic heterocycles. The summed E-state index contributed by atoms with van der Waals surface area (Å²) in [6, 6.07) is 18.8. The van der Waals surface area contributed by atoms with Gasteiger partial charge in [-0.1, -0.05) is 68.4 Å². The Morgan fingerprint density at radius 3 is 2.10 bits per heavy atom. The minimum Gasteiger partial charge on any atom is -0.388 e. The molecule has 1 N–H and O–H groups in total. The van der Waals surface area contributed by atoms with Crippen LogP contribution in [0.25, 0.3) is 0 Å². The van der Waals surface area contributed by atoms with Gasteiger partial charge in [0.2, 0.25) is 0 Å². The molecule has 1 unspecified atom stereocenters. The summed E-state index contributed by atoms with van der Waals surface area (Å²) < 4.78 is 0. The number of benzene rings is 2. The molecule has 106 valence electrons. The van der Waals surface area contributed by atoms with Crippen molar-refractivity contribution in [3.8, 4) is 0 Å². The van der Waals surface area contributed by atoms with E-state index in [0.29, 0.717) is 5.92 Å². The maximum atomic E-state index is 10.1. The topological polar surface area (TPSA) is 20.2 Å². The predicted octanol–water partition coefficient (Wildman–Crippen LogP) is 4.87. The van der Waals surface area contributed by atoms with Crippen LogP contribution in [0.5, 0.6) is 0 Å². The van der Waals surface area contributed by atoms with Crippen molar-refractivity contribution < 1.29 is 5.11 Å². The highest BCUT2D eigenvalue weighted by atomic mass is 16.3. The van der Waals surface area contributed by atoms with Crippen molar-refractivity contribution in [3.05, 3.63) is 71.3 Å². The molecule has 0 bridgehead atoms. The smallest absolute Gasteiger partial charge is 0.0790 e.